The van der Waals surface area contributed by atoms with Crippen molar-refractivity contribution in [1.29, 1.82) is 0 Å². The second kappa shape index (κ2) is 10.2. The summed E-state index contributed by atoms with van der Waals surface area (Å²) in [6.07, 6.45) is 3.07. The Balaban J connectivity index is 1.54. The van der Waals surface area contributed by atoms with Crippen LogP contribution in [0.15, 0.2) is 54.6 Å². The van der Waals surface area contributed by atoms with Crippen molar-refractivity contribution in [2.24, 2.45) is 0 Å². The molecule has 1 heterocycles. The Morgan fingerprint density at radius 2 is 1.75 bits per heavy atom. The maximum Gasteiger partial charge on any atom is 0.244 e. The van der Waals surface area contributed by atoms with Crippen LogP contribution in [0.1, 0.15) is 23.6 Å². The van der Waals surface area contributed by atoms with Gasteiger partial charge in [-0.1, -0.05) is 43.3 Å². The van der Waals surface area contributed by atoms with E-state index in [0.29, 0.717) is 12.1 Å². The van der Waals surface area contributed by atoms with Crippen molar-refractivity contribution < 1.29 is 9.18 Å². The number of carbonyl (C=O) groups is 1. The van der Waals surface area contributed by atoms with Crippen LogP contribution in [0.5, 0.6) is 0 Å². The first kappa shape index (κ1) is 20.2. The zero-order valence-corrected chi connectivity index (χ0v) is 16.4. The molecule has 1 aliphatic rings. The Hall–Kier alpha value is -2.50. The number of hydrogen-bond acceptors (Lipinski definition) is 3. The number of nitrogens with zero attached hydrogens (tertiary/aromatic N) is 2. The molecule has 5 heteroatoms. The standard InChI is InChI=1S/C23H28FN3O/c1-2-26-12-14-27(15-13-26)18-21-8-4-3-7-20(21)17-25-23(28)11-10-19-6-5-9-22(24)16-19/h3-11,16H,2,12-15,17-18H2,1H3,(H,25,28)/b11-10+. The van der Waals surface area contributed by atoms with Crippen molar-refractivity contribution in [2.45, 2.75) is 20.0 Å². The van der Waals surface area contributed by atoms with Gasteiger partial charge in [0.1, 0.15) is 5.82 Å². The van der Waals surface area contributed by atoms with Gasteiger partial charge in [-0.3, -0.25) is 9.69 Å². The lowest BCUT2D eigenvalue weighted by molar-refractivity contribution is -0.116. The van der Waals surface area contributed by atoms with Gasteiger partial charge in [0.15, 0.2) is 0 Å². The zero-order valence-electron chi connectivity index (χ0n) is 16.4. The minimum atomic E-state index is -0.309. The molecule has 0 radical (unpaired) electrons. The number of likely N-dealkylation sites (N-methyl/N-ethyl adjacent to an activating group) is 1. The Morgan fingerprint density at radius 3 is 2.46 bits per heavy atom. The maximum absolute atomic E-state index is 13.2. The molecule has 1 saturated heterocycles. The molecule has 1 N–H and O–H groups in total. The molecule has 148 valence electrons. The van der Waals surface area contributed by atoms with Gasteiger partial charge in [0.25, 0.3) is 0 Å². The largest absolute Gasteiger partial charge is 0.348 e. The summed E-state index contributed by atoms with van der Waals surface area (Å²) < 4.78 is 13.2. The van der Waals surface area contributed by atoms with E-state index in [-0.39, 0.29) is 11.7 Å². The lowest BCUT2D eigenvalue weighted by Crippen LogP contribution is -2.45. The van der Waals surface area contributed by atoms with E-state index >= 15 is 0 Å². The highest BCUT2D eigenvalue weighted by atomic mass is 19.1. The number of halogens is 1. The highest BCUT2D eigenvalue weighted by molar-refractivity contribution is 5.91. The Kier molecular flexibility index (Phi) is 7.34. The van der Waals surface area contributed by atoms with Gasteiger partial charge in [-0.05, 0) is 41.4 Å². The summed E-state index contributed by atoms with van der Waals surface area (Å²) >= 11 is 0. The lowest BCUT2D eigenvalue weighted by Gasteiger charge is -2.34. The van der Waals surface area contributed by atoms with Crippen LogP contribution in [0.4, 0.5) is 4.39 Å². The summed E-state index contributed by atoms with van der Waals surface area (Å²) in [5, 5.41) is 2.93. The van der Waals surface area contributed by atoms with E-state index in [0.717, 1.165) is 44.8 Å². The predicted octanol–water partition coefficient (Wildman–Crippen LogP) is 3.29. The molecule has 0 atom stereocenters. The van der Waals surface area contributed by atoms with E-state index in [1.165, 1.54) is 23.8 Å². The average Bonchev–Trinajstić information content (AvgIpc) is 2.72. The highest BCUT2D eigenvalue weighted by Crippen LogP contribution is 2.14. The number of piperazine rings is 1. The third kappa shape index (κ3) is 6.01. The fourth-order valence-corrected chi connectivity index (χ4v) is 3.41. The summed E-state index contributed by atoms with van der Waals surface area (Å²) in [6, 6.07) is 14.4. The quantitative estimate of drug-likeness (QED) is 0.748. The number of carbonyl (C=O) groups excluding carboxylic acids is 1. The smallest absolute Gasteiger partial charge is 0.244 e. The number of nitrogens with one attached hydrogen (secondary N) is 1. The topological polar surface area (TPSA) is 35.6 Å². The molecule has 1 aliphatic heterocycles. The van der Waals surface area contributed by atoms with Gasteiger partial charge in [-0.25, -0.2) is 4.39 Å². The maximum atomic E-state index is 13.2. The van der Waals surface area contributed by atoms with Crippen LogP contribution in [0, 0.1) is 5.82 Å². The third-order valence-electron chi connectivity index (χ3n) is 5.15. The van der Waals surface area contributed by atoms with E-state index in [9.17, 15) is 9.18 Å². The van der Waals surface area contributed by atoms with Crippen LogP contribution < -0.4 is 5.32 Å². The molecule has 0 aliphatic carbocycles. The van der Waals surface area contributed by atoms with Gasteiger partial charge in [-0.2, -0.15) is 0 Å². The molecule has 1 amide bonds. The van der Waals surface area contributed by atoms with Crippen molar-refractivity contribution >= 4 is 12.0 Å². The molecule has 4 nitrogen and oxygen atoms in total. The van der Waals surface area contributed by atoms with E-state index in [1.807, 2.05) is 12.1 Å². The normalized spacial score (nSPS) is 15.8. The van der Waals surface area contributed by atoms with Gasteiger partial charge in [0.2, 0.25) is 5.91 Å². The third-order valence-corrected chi connectivity index (χ3v) is 5.15. The minimum absolute atomic E-state index is 0.185. The van der Waals surface area contributed by atoms with Gasteiger partial charge in [-0.15, -0.1) is 0 Å². The number of rotatable bonds is 7. The predicted molar refractivity (Wildman–Crippen MR) is 111 cm³/mol. The molecule has 3 rings (SSSR count). The lowest BCUT2D eigenvalue weighted by atomic mass is 10.1. The first-order chi connectivity index (χ1) is 13.6. The number of benzene rings is 2. The molecule has 0 unspecified atom stereocenters. The van der Waals surface area contributed by atoms with Crippen molar-refractivity contribution in [3.8, 4) is 0 Å². The summed E-state index contributed by atoms with van der Waals surface area (Å²) in [5.74, 6) is -0.494. The Bertz CT molecular complexity index is 813. The SMILES string of the molecule is CCN1CCN(Cc2ccccc2CNC(=O)/C=C/c2cccc(F)c2)CC1. The van der Waals surface area contributed by atoms with Crippen LogP contribution in [0.2, 0.25) is 0 Å². The molecule has 0 bridgehead atoms. The zero-order chi connectivity index (χ0) is 19.8. The van der Waals surface area contributed by atoms with Crippen LogP contribution in [0.3, 0.4) is 0 Å². The van der Waals surface area contributed by atoms with E-state index in [4.69, 9.17) is 0 Å². The van der Waals surface area contributed by atoms with Crippen LogP contribution in [-0.4, -0.2) is 48.4 Å². The first-order valence-electron chi connectivity index (χ1n) is 9.87. The van der Waals surface area contributed by atoms with E-state index in [2.05, 4.69) is 34.2 Å². The second-order valence-corrected chi connectivity index (χ2v) is 7.09. The molecule has 0 spiro atoms. The monoisotopic (exact) mass is 381 g/mol. The van der Waals surface area contributed by atoms with Gasteiger partial charge in [0, 0.05) is 45.3 Å². The molecule has 2 aromatic rings. The van der Waals surface area contributed by atoms with Crippen molar-refractivity contribution in [1.82, 2.24) is 15.1 Å². The van der Waals surface area contributed by atoms with E-state index < -0.39 is 0 Å². The second-order valence-electron chi connectivity index (χ2n) is 7.09. The molecule has 0 aromatic heterocycles. The minimum Gasteiger partial charge on any atom is -0.348 e. The molecular formula is C23H28FN3O. The van der Waals surface area contributed by atoms with Crippen molar-refractivity contribution in [2.75, 3.05) is 32.7 Å². The molecule has 1 fully saturated rings. The van der Waals surface area contributed by atoms with Crippen LogP contribution >= 0.6 is 0 Å². The van der Waals surface area contributed by atoms with Gasteiger partial charge >= 0.3 is 0 Å². The summed E-state index contributed by atoms with van der Waals surface area (Å²) in [7, 11) is 0. The highest BCUT2D eigenvalue weighted by Gasteiger charge is 2.16. The molecule has 28 heavy (non-hydrogen) atoms. The summed E-state index contributed by atoms with van der Waals surface area (Å²) in [4.78, 5) is 17.1. The van der Waals surface area contributed by atoms with Gasteiger partial charge < -0.3 is 10.2 Å². The fourth-order valence-electron chi connectivity index (χ4n) is 3.41. The average molecular weight is 381 g/mol. The first-order valence-corrected chi connectivity index (χ1v) is 9.87. The van der Waals surface area contributed by atoms with Crippen LogP contribution in [-0.2, 0) is 17.9 Å². The molecule has 2 aromatic carbocycles. The summed E-state index contributed by atoms with van der Waals surface area (Å²) in [6.45, 7) is 9.08. The Labute approximate surface area is 166 Å². The number of amides is 1. The van der Waals surface area contributed by atoms with Crippen molar-refractivity contribution in [3.05, 3.63) is 77.1 Å². The van der Waals surface area contributed by atoms with E-state index in [1.54, 1.807) is 18.2 Å². The number of hydrogen-bond donors (Lipinski definition) is 1. The van der Waals surface area contributed by atoms with Crippen LogP contribution in [0.25, 0.3) is 6.08 Å². The molecule has 0 saturated carbocycles. The summed E-state index contributed by atoms with van der Waals surface area (Å²) in [5.41, 5.74) is 3.05. The van der Waals surface area contributed by atoms with Gasteiger partial charge in [0.05, 0.1) is 0 Å². The fraction of sp³-hybridized carbons (Fsp3) is 0.348. The van der Waals surface area contributed by atoms with Crippen molar-refractivity contribution in [3.63, 3.8) is 0 Å². The molecular weight excluding hydrogens is 353 g/mol. The Morgan fingerprint density at radius 1 is 1.04 bits per heavy atom.